The SMILES string of the molecule is CCC=CCC=CCCC/C=C/CCOC(C)=O. The molecule has 102 valence electrons. The van der Waals surface area contributed by atoms with Crippen LogP contribution in [-0.2, 0) is 9.53 Å². The van der Waals surface area contributed by atoms with E-state index in [1.807, 2.05) is 0 Å². The molecule has 0 bridgehead atoms. The van der Waals surface area contributed by atoms with Gasteiger partial charge in [0.1, 0.15) is 0 Å². The van der Waals surface area contributed by atoms with Crippen LogP contribution in [0, 0.1) is 0 Å². The quantitative estimate of drug-likeness (QED) is 0.322. The second-order valence-electron chi connectivity index (χ2n) is 4.12. The predicted octanol–water partition coefficient (Wildman–Crippen LogP) is 4.58. The van der Waals surface area contributed by atoms with E-state index < -0.39 is 0 Å². The molecular weight excluding hydrogens is 224 g/mol. The second-order valence-corrected chi connectivity index (χ2v) is 4.12. The summed E-state index contributed by atoms with van der Waals surface area (Å²) in [5.74, 6) is -0.203. The van der Waals surface area contributed by atoms with Crippen molar-refractivity contribution in [3.8, 4) is 0 Å². The Hall–Kier alpha value is -1.31. The van der Waals surface area contributed by atoms with E-state index >= 15 is 0 Å². The van der Waals surface area contributed by atoms with Crippen LogP contribution >= 0.6 is 0 Å². The third-order valence-electron chi connectivity index (χ3n) is 2.34. The Kier molecular flexibility index (Phi) is 12.8. The Morgan fingerprint density at radius 3 is 2.22 bits per heavy atom. The van der Waals surface area contributed by atoms with Crippen molar-refractivity contribution in [2.75, 3.05) is 6.61 Å². The number of ether oxygens (including phenoxy) is 1. The van der Waals surface area contributed by atoms with Crippen LogP contribution in [-0.4, -0.2) is 12.6 Å². The summed E-state index contributed by atoms with van der Waals surface area (Å²) in [6.07, 6.45) is 19.5. The smallest absolute Gasteiger partial charge is 0.302 e. The summed E-state index contributed by atoms with van der Waals surface area (Å²) in [5.41, 5.74) is 0. The zero-order valence-electron chi connectivity index (χ0n) is 11.7. The molecule has 0 aliphatic heterocycles. The largest absolute Gasteiger partial charge is 0.466 e. The van der Waals surface area contributed by atoms with E-state index in [0.29, 0.717) is 6.61 Å². The molecule has 0 rings (SSSR count). The van der Waals surface area contributed by atoms with E-state index in [-0.39, 0.29) is 5.97 Å². The number of unbranched alkanes of at least 4 members (excludes halogenated alkanes) is 2. The van der Waals surface area contributed by atoms with Crippen molar-refractivity contribution in [2.24, 2.45) is 0 Å². The number of hydrogen-bond donors (Lipinski definition) is 0. The van der Waals surface area contributed by atoms with Crippen LogP contribution < -0.4 is 0 Å². The molecular formula is C16H26O2. The minimum atomic E-state index is -0.203. The van der Waals surface area contributed by atoms with Crippen LogP contribution in [0.1, 0.15) is 52.4 Å². The molecule has 0 aromatic carbocycles. The lowest BCUT2D eigenvalue weighted by Crippen LogP contribution is -1.98. The minimum Gasteiger partial charge on any atom is -0.466 e. The maximum Gasteiger partial charge on any atom is 0.302 e. The number of esters is 1. The molecule has 0 amide bonds. The van der Waals surface area contributed by atoms with Gasteiger partial charge in [-0.25, -0.2) is 0 Å². The van der Waals surface area contributed by atoms with E-state index in [9.17, 15) is 4.79 Å². The second kappa shape index (κ2) is 13.8. The predicted molar refractivity (Wildman–Crippen MR) is 77.4 cm³/mol. The van der Waals surface area contributed by atoms with Gasteiger partial charge in [-0.3, -0.25) is 4.79 Å². The van der Waals surface area contributed by atoms with Crippen LogP contribution in [0.2, 0.25) is 0 Å². The molecule has 0 aliphatic rings. The van der Waals surface area contributed by atoms with Gasteiger partial charge < -0.3 is 4.74 Å². The molecule has 0 aromatic heterocycles. The summed E-state index contributed by atoms with van der Waals surface area (Å²) >= 11 is 0. The molecule has 0 heterocycles. The van der Waals surface area contributed by atoms with Crippen molar-refractivity contribution < 1.29 is 9.53 Å². The number of carbonyl (C=O) groups excluding carboxylic acids is 1. The summed E-state index contributed by atoms with van der Waals surface area (Å²) in [6, 6.07) is 0. The first-order valence-electron chi connectivity index (χ1n) is 6.85. The molecule has 18 heavy (non-hydrogen) atoms. The third-order valence-corrected chi connectivity index (χ3v) is 2.34. The topological polar surface area (TPSA) is 26.3 Å². The number of allylic oxidation sites excluding steroid dienone is 5. The van der Waals surface area contributed by atoms with Crippen LogP contribution in [0.4, 0.5) is 0 Å². The Labute approximate surface area is 111 Å². The average molecular weight is 250 g/mol. The van der Waals surface area contributed by atoms with Gasteiger partial charge in [0, 0.05) is 6.92 Å². The van der Waals surface area contributed by atoms with E-state index in [2.05, 4.69) is 43.4 Å². The Balaban J connectivity index is 3.26. The third kappa shape index (κ3) is 14.7. The van der Waals surface area contributed by atoms with Gasteiger partial charge in [-0.2, -0.15) is 0 Å². The van der Waals surface area contributed by atoms with Crippen molar-refractivity contribution in [1.82, 2.24) is 0 Å². The molecule has 2 heteroatoms. The van der Waals surface area contributed by atoms with E-state index in [0.717, 1.165) is 32.1 Å². The highest BCUT2D eigenvalue weighted by molar-refractivity contribution is 5.65. The van der Waals surface area contributed by atoms with Crippen LogP contribution in [0.25, 0.3) is 0 Å². The first-order valence-corrected chi connectivity index (χ1v) is 6.85. The van der Waals surface area contributed by atoms with Gasteiger partial charge in [0.2, 0.25) is 0 Å². The fourth-order valence-electron chi connectivity index (χ4n) is 1.42. The fraction of sp³-hybridized carbons (Fsp3) is 0.562. The van der Waals surface area contributed by atoms with Crippen LogP contribution in [0.3, 0.4) is 0 Å². The molecule has 2 nitrogen and oxygen atoms in total. The van der Waals surface area contributed by atoms with Crippen LogP contribution in [0.15, 0.2) is 36.5 Å². The summed E-state index contributed by atoms with van der Waals surface area (Å²) in [6.45, 7) is 4.08. The normalized spacial score (nSPS) is 11.9. The van der Waals surface area contributed by atoms with Gasteiger partial charge in [0.05, 0.1) is 6.61 Å². The number of carbonyl (C=O) groups is 1. The number of hydrogen-bond acceptors (Lipinski definition) is 2. The highest BCUT2D eigenvalue weighted by Crippen LogP contribution is 2.00. The summed E-state index contributed by atoms with van der Waals surface area (Å²) < 4.78 is 4.83. The van der Waals surface area contributed by atoms with Gasteiger partial charge in [-0.05, 0) is 38.5 Å². The van der Waals surface area contributed by atoms with Crippen molar-refractivity contribution >= 4 is 5.97 Å². The van der Waals surface area contributed by atoms with Crippen molar-refractivity contribution in [1.29, 1.82) is 0 Å². The minimum absolute atomic E-state index is 0.203. The molecule has 0 fully saturated rings. The summed E-state index contributed by atoms with van der Waals surface area (Å²) in [4.78, 5) is 10.5. The molecule has 0 atom stereocenters. The lowest BCUT2D eigenvalue weighted by Gasteiger charge is -1.96. The van der Waals surface area contributed by atoms with Gasteiger partial charge in [-0.1, -0.05) is 43.4 Å². The zero-order chi connectivity index (χ0) is 13.5. The Morgan fingerprint density at radius 1 is 0.944 bits per heavy atom. The van der Waals surface area contributed by atoms with Gasteiger partial charge in [0.15, 0.2) is 0 Å². The van der Waals surface area contributed by atoms with Gasteiger partial charge >= 0.3 is 5.97 Å². The zero-order valence-corrected chi connectivity index (χ0v) is 11.7. The highest BCUT2D eigenvalue weighted by atomic mass is 16.5. The molecule has 0 spiro atoms. The average Bonchev–Trinajstić information content (AvgIpc) is 2.34. The lowest BCUT2D eigenvalue weighted by molar-refractivity contribution is -0.140. The molecule has 0 radical (unpaired) electrons. The van der Waals surface area contributed by atoms with Gasteiger partial charge in [0.25, 0.3) is 0 Å². The molecule has 0 saturated carbocycles. The first kappa shape index (κ1) is 16.7. The van der Waals surface area contributed by atoms with Crippen molar-refractivity contribution in [3.63, 3.8) is 0 Å². The maximum absolute atomic E-state index is 10.5. The summed E-state index contributed by atoms with van der Waals surface area (Å²) in [5, 5.41) is 0. The molecule has 0 unspecified atom stereocenters. The van der Waals surface area contributed by atoms with Crippen molar-refractivity contribution in [2.45, 2.75) is 52.4 Å². The molecule has 0 N–H and O–H groups in total. The summed E-state index contributed by atoms with van der Waals surface area (Å²) in [7, 11) is 0. The van der Waals surface area contributed by atoms with Gasteiger partial charge in [-0.15, -0.1) is 0 Å². The standard InChI is InChI=1S/C16H26O2/c1-3-4-5-6-7-8-9-10-11-12-13-14-15-18-16(2)17/h4-5,7-8,12-13H,3,6,9-11,14-15H2,1-2H3/b5-4?,8-7?,13-12+. The highest BCUT2D eigenvalue weighted by Gasteiger charge is 1.88. The molecule has 0 aliphatic carbocycles. The molecule has 0 aromatic rings. The van der Waals surface area contributed by atoms with E-state index in [1.165, 1.54) is 13.3 Å². The monoisotopic (exact) mass is 250 g/mol. The van der Waals surface area contributed by atoms with Crippen molar-refractivity contribution in [3.05, 3.63) is 36.5 Å². The maximum atomic E-state index is 10.5. The lowest BCUT2D eigenvalue weighted by atomic mass is 10.2. The Bertz CT molecular complexity index is 275. The number of rotatable bonds is 10. The molecule has 0 saturated heterocycles. The Morgan fingerprint density at radius 2 is 1.56 bits per heavy atom. The first-order chi connectivity index (χ1) is 8.77. The fourth-order valence-corrected chi connectivity index (χ4v) is 1.42. The van der Waals surface area contributed by atoms with E-state index in [1.54, 1.807) is 0 Å². The van der Waals surface area contributed by atoms with Crippen LogP contribution in [0.5, 0.6) is 0 Å². The van der Waals surface area contributed by atoms with E-state index in [4.69, 9.17) is 4.74 Å².